The maximum atomic E-state index is 12.3. The first-order valence-corrected chi connectivity index (χ1v) is 8.25. The van der Waals surface area contributed by atoms with E-state index in [9.17, 15) is 21.6 Å². The van der Waals surface area contributed by atoms with Crippen LogP contribution in [0.25, 0.3) is 0 Å². The molecule has 0 aliphatic carbocycles. The molecule has 1 aliphatic rings. The monoisotopic (exact) mass is 362 g/mol. The zero-order valence-electron chi connectivity index (χ0n) is 12.4. The highest BCUT2D eigenvalue weighted by Gasteiger charge is 2.48. The highest BCUT2D eigenvalue weighted by molar-refractivity contribution is 7.88. The van der Waals surface area contributed by atoms with Crippen molar-refractivity contribution in [3.8, 4) is 5.75 Å². The second-order valence-electron chi connectivity index (χ2n) is 5.53. The van der Waals surface area contributed by atoms with Crippen molar-refractivity contribution in [1.82, 2.24) is 9.55 Å². The van der Waals surface area contributed by atoms with Crippen LogP contribution in [0.4, 0.5) is 13.2 Å². The lowest BCUT2D eigenvalue weighted by Gasteiger charge is -2.36. The predicted octanol–water partition coefficient (Wildman–Crippen LogP) is 2.41. The molecule has 0 N–H and O–H groups in total. The highest BCUT2D eigenvalue weighted by atomic mass is 32.2. The van der Waals surface area contributed by atoms with Gasteiger partial charge in [0.2, 0.25) is 0 Å². The molecule has 0 spiro atoms. The van der Waals surface area contributed by atoms with E-state index in [0.717, 1.165) is 11.3 Å². The Hall–Kier alpha value is -2.07. The normalized spacial score (nSPS) is 21.3. The molecular formula is C14H13F3N2O4S. The summed E-state index contributed by atoms with van der Waals surface area (Å²) in [6, 6.07) is 5.35. The second kappa shape index (κ2) is 5.49. The Morgan fingerprint density at radius 1 is 1.29 bits per heavy atom. The SMILES string of the molecule is CC1(c2ccc(OS(=O)(=O)C(F)(F)F)cc2)COCc2cncn21. The second-order valence-corrected chi connectivity index (χ2v) is 7.07. The van der Waals surface area contributed by atoms with E-state index in [-0.39, 0.29) is 0 Å². The minimum Gasteiger partial charge on any atom is -0.376 e. The summed E-state index contributed by atoms with van der Waals surface area (Å²) < 4.78 is 70.6. The number of rotatable bonds is 3. The predicted molar refractivity (Wildman–Crippen MR) is 76.7 cm³/mol. The van der Waals surface area contributed by atoms with Crippen LogP contribution in [0.15, 0.2) is 36.8 Å². The number of nitrogens with zero attached hydrogens (tertiary/aromatic N) is 2. The summed E-state index contributed by atoms with van der Waals surface area (Å²) >= 11 is 0. The molecule has 0 radical (unpaired) electrons. The van der Waals surface area contributed by atoms with E-state index >= 15 is 0 Å². The number of hydrogen-bond donors (Lipinski definition) is 0. The van der Waals surface area contributed by atoms with Crippen LogP contribution in [0.2, 0.25) is 0 Å². The molecule has 0 amide bonds. The van der Waals surface area contributed by atoms with Crippen molar-refractivity contribution < 1.29 is 30.5 Å². The number of imidazole rings is 1. The molecule has 24 heavy (non-hydrogen) atoms. The summed E-state index contributed by atoms with van der Waals surface area (Å²) in [5.74, 6) is -0.415. The molecule has 0 saturated carbocycles. The van der Waals surface area contributed by atoms with Gasteiger partial charge in [-0.1, -0.05) is 12.1 Å². The summed E-state index contributed by atoms with van der Waals surface area (Å²) in [5.41, 5.74) is -4.49. The Kier molecular flexibility index (Phi) is 3.83. The molecular weight excluding hydrogens is 349 g/mol. The van der Waals surface area contributed by atoms with Crippen molar-refractivity contribution >= 4 is 10.1 Å². The molecule has 1 aromatic carbocycles. The van der Waals surface area contributed by atoms with Crippen LogP contribution in [0.1, 0.15) is 18.2 Å². The quantitative estimate of drug-likeness (QED) is 0.619. The summed E-state index contributed by atoms with van der Waals surface area (Å²) in [6.07, 6.45) is 3.32. The average Bonchev–Trinajstić information content (AvgIpc) is 2.96. The summed E-state index contributed by atoms with van der Waals surface area (Å²) in [4.78, 5) is 4.07. The van der Waals surface area contributed by atoms with Crippen molar-refractivity contribution in [3.63, 3.8) is 0 Å². The molecule has 0 bridgehead atoms. The topological polar surface area (TPSA) is 70.4 Å². The molecule has 0 saturated heterocycles. The fourth-order valence-electron chi connectivity index (χ4n) is 2.56. The molecule has 2 heterocycles. The first-order valence-electron chi connectivity index (χ1n) is 6.84. The minimum atomic E-state index is -5.68. The highest BCUT2D eigenvalue weighted by Crippen LogP contribution is 2.33. The van der Waals surface area contributed by atoms with Crippen molar-refractivity contribution in [2.45, 2.75) is 24.6 Å². The fraction of sp³-hybridized carbons (Fsp3) is 0.357. The smallest absolute Gasteiger partial charge is 0.376 e. The maximum Gasteiger partial charge on any atom is 0.534 e. The van der Waals surface area contributed by atoms with Crippen molar-refractivity contribution in [2.75, 3.05) is 6.61 Å². The Balaban J connectivity index is 1.89. The van der Waals surface area contributed by atoms with Crippen molar-refractivity contribution in [2.24, 2.45) is 0 Å². The van der Waals surface area contributed by atoms with E-state index in [1.807, 2.05) is 11.5 Å². The Bertz CT molecular complexity index is 846. The zero-order chi connectivity index (χ0) is 17.6. The van der Waals surface area contributed by atoms with Gasteiger partial charge in [-0.05, 0) is 24.6 Å². The molecule has 2 aromatic rings. The van der Waals surface area contributed by atoms with Crippen LogP contribution in [0, 0.1) is 0 Å². The van der Waals surface area contributed by atoms with Gasteiger partial charge in [-0.2, -0.15) is 21.6 Å². The summed E-state index contributed by atoms with van der Waals surface area (Å²) in [5, 5.41) is 0. The largest absolute Gasteiger partial charge is 0.534 e. The van der Waals surface area contributed by atoms with E-state index in [1.54, 1.807) is 12.5 Å². The van der Waals surface area contributed by atoms with Crippen LogP contribution >= 0.6 is 0 Å². The standard InChI is InChI=1S/C14H13F3N2O4S/c1-13(8-22-7-11-6-18-9-19(11)13)10-2-4-12(5-3-10)23-24(20,21)14(15,16)17/h2-6,9H,7-8H2,1H3. The molecule has 1 aliphatic heterocycles. The molecule has 10 heteroatoms. The minimum absolute atomic E-state index is 0.345. The van der Waals surface area contributed by atoms with E-state index in [4.69, 9.17) is 4.74 Å². The number of hydrogen-bond acceptors (Lipinski definition) is 5. The number of halogens is 3. The molecule has 1 unspecified atom stereocenters. The van der Waals surface area contributed by atoms with Gasteiger partial charge < -0.3 is 13.5 Å². The van der Waals surface area contributed by atoms with Crippen molar-refractivity contribution in [3.05, 3.63) is 48.0 Å². The van der Waals surface area contributed by atoms with Gasteiger partial charge in [-0.3, -0.25) is 0 Å². The molecule has 1 aromatic heterocycles. The third-order valence-corrected chi connectivity index (χ3v) is 4.82. The van der Waals surface area contributed by atoms with Gasteiger partial charge in [0.05, 0.1) is 37.0 Å². The van der Waals surface area contributed by atoms with Gasteiger partial charge in [0.1, 0.15) is 5.75 Å². The number of alkyl halides is 3. The average molecular weight is 362 g/mol. The lowest BCUT2D eigenvalue weighted by atomic mass is 9.91. The molecule has 3 rings (SSSR count). The van der Waals surface area contributed by atoms with Gasteiger partial charge in [-0.25, -0.2) is 4.98 Å². The maximum absolute atomic E-state index is 12.3. The van der Waals surface area contributed by atoms with Gasteiger partial charge >= 0.3 is 15.6 Å². The Morgan fingerprint density at radius 2 is 1.96 bits per heavy atom. The van der Waals surface area contributed by atoms with Crippen LogP contribution in [0.5, 0.6) is 5.75 Å². The number of benzene rings is 1. The lowest BCUT2D eigenvalue weighted by Crippen LogP contribution is -2.40. The third kappa shape index (κ3) is 2.75. The lowest BCUT2D eigenvalue weighted by molar-refractivity contribution is -0.0500. The van der Waals surface area contributed by atoms with Gasteiger partial charge in [0, 0.05) is 0 Å². The Morgan fingerprint density at radius 3 is 2.58 bits per heavy atom. The summed E-state index contributed by atoms with van der Waals surface area (Å²) in [7, 11) is -5.68. The van der Waals surface area contributed by atoms with Crippen molar-refractivity contribution in [1.29, 1.82) is 0 Å². The number of fused-ring (bicyclic) bond motifs is 1. The Labute approximate surface area is 136 Å². The van der Waals surface area contributed by atoms with E-state index in [0.29, 0.717) is 13.2 Å². The van der Waals surface area contributed by atoms with E-state index in [2.05, 4.69) is 9.17 Å². The molecule has 6 nitrogen and oxygen atoms in total. The van der Waals surface area contributed by atoms with Crippen LogP contribution in [-0.2, 0) is 27.0 Å². The van der Waals surface area contributed by atoms with Crippen LogP contribution in [-0.4, -0.2) is 30.1 Å². The first kappa shape index (κ1) is 16.8. The van der Waals surface area contributed by atoms with E-state index < -0.39 is 26.9 Å². The van der Waals surface area contributed by atoms with Gasteiger partial charge in [0.15, 0.2) is 0 Å². The van der Waals surface area contributed by atoms with Crippen LogP contribution in [0.3, 0.4) is 0 Å². The molecule has 1 atom stereocenters. The van der Waals surface area contributed by atoms with E-state index in [1.165, 1.54) is 24.3 Å². The summed E-state index contributed by atoms with van der Waals surface area (Å²) in [6.45, 7) is 2.65. The fourth-order valence-corrected chi connectivity index (χ4v) is 3.02. The first-order chi connectivity index (χ1) is 11.1. The number of ether oxygens (including phenoxy) is 1. The van der Waals surface area contributed by atoms with Crippen LogP contribution < -0.4 is 4.18 Å². The number of aromatic nitrogens is 2. The van der Waals surface area contributed by atoms with Gasteiger partial charge in [-0.15, -0.1) is 0 Å². The molecule has 0 fully saturated rings. The zero-order valence-corrected chi connectivity index (χ0v) is 13.3. The third-order valence-electron chi connectivity index (χ3n) is 3.85. The molecule has 130 valence electrons. The van der Waals surface area contributed by atoms with Gasteiger partial charge in [0.25, 0.3) is 0 Å².